The Hall–Kier alpha value is -1.00. The van der Waals surface area contributed by atoms with Gasteiger partial charge in [-0.2, -0.15) is 0 Å². The third-order valence-corrected chi connectivity index (χ3v) is 3.71. The van der Waals surface area contributed by atoms with Gasteiger partial charge in [-0.1, -0.05) is 0 Å². The Labute approximate surface area is 100 Å². The minimum atomic E-state index is 0.110. The van der Waals surface area contributed by atoms with Gasteiger partial charge in [0.15, 0.2) is 0 Å². The minimum absolute atomic E-state index is 0.110. The number of likely N-dealkylation sites (N-methyl/N-ethyl adjacent to an activating group) is 1. The number of nitrogens with one attached hydrogen (secondary N) is 1. The van der Waals surface area contributed by atoms with Crippen LogP contribution in [0.15, 0.2) is 29.2 Å². The van der Waals surface area contributed by atoms with Crippen LogP contribution in [0.1, 0.15) is 10.4 Å². The molecule has 0 unspecified atom stereocenters. The molecule has 0 spiro atoms. The van der Waals surface area contributed by atoms with E-state index in [2.05, 4.69) is 5.32 Å². The average Bonchev–Trinajstić information content (AvgIpc) is 2.26. The van der Waals surface area contributed by atoms with Crippen LogP contribution in [0.2, 0.25) is 0 Å². The van der Waals surface area contributed by atoms with Crippen LogP contribution in [0.4, 0.5) is 0 Å². The zero-order valence-corrected chi connectivity index (χ0v) is 10.4. The third kappa shape index (κ3) is 2.23. The fourth-order valence-corrected chi connectivity index (χ4v) is 2.06. The fourth-order valence-electron chi connectivity index (χ4n) is 1.65. The van der Waals surface area contributed by atoms with Crippen LogP contribution >= 0.6 is 11.8 Å². The zero-order chi connectivity index (χ0) is 11.5. The number of carbonyl (C=O) groups excluding carboxylic acids is 1. The molecule has 2 rings (SSSR count). The Kier molecular flexibility index (Phi) is 3.51. The smallest absolute Gasteiger partial charge is 0.253 e. The molecule has 0 saturated carbocycles. The number of nitrogens with zero attached hydrogens (tertiary/aromatic N) is 1. The van der Waals surface area contributed by atoms with E-state index in [0.717, 1.165) is 18.7 Å². The Morgan fingerprint density at radius 3 is 2.44 bits per heavy atom. The summed E-state index contributed by atoms with van der Waals surface area (Å²) in [5, 5.41) is 3.17. The third-order valence-electron chi connectivity index (χ3n) is 2.96. The number of carbonyl (C=O) groups is 1. The molecule has 86 valence electrons. The van der Waals surface area contributed by atoms with Crippen molar-refractivity contribution >= 4 is 17.7 Å². The van der Waals surface area contributed by atoms with Gasteiger partial charge in [0.25, 0.3) is 5.91 Å². The lowest BCUT2D eigenvalue weighted by Gasteiger charge is -2.35. The van der Waals surface area contributed by atoms with Crippen LogP contribution in [0.25, 0.3) is 0 Å². The lowest BCUT2D eigenvalue weighted by Crippen LogP contribution is -2.57. The van der Waals surface area contributed by atoms with Crippen molar-refractivity contribution in [2.45, 2.75) is 10.9 Å². The molecule has 0 atom stereocenters. The highest BCUT2D eigenvalue weighted by molar-refractivity contribution is 7.98. The van der Waals surface area contributed by atoms with E-state index < -0.39 is 0 Å². The van der Waals surface area contributed by atoms with Gasteiger partial charge in [0, 0.05) is 30.6 Å². The summed E-state index contributed by atoms with van der Waals surface area (Å²) in [6.07, 6.45) is 2.03. The minimum Gasteiger partial charge on any atom is -0.336 e. The first-order valence-electron chi connectivity index (χ1n) is 5.34. The van der Waals surface area contributed by atoms with E-state index in [9.17, 15) is 4.79 Å². The number of hydrogen-bond acceptors (Lipinski definition) is 3. The monoisotopic (exact) mass is 236 g/mol. The predicted octanol–water partition coefficient (Wildman–Crippen LogP) is 1.45. The lowest BCUT2D eigenvalue weighted by molar-refractivity contribution is 0.0681. The molecule has 0 bridgehead atoms. The van der Waals surface area contributed by atoms with E-state index in [1.807, 2.05) is 42.5 Å². The van der Waals surface area contributed by atoms with E-state index in [1.165, 1.54) is 4.90 Å². The van der Waals surface area contributed by atoms with Crippen molar-refractivity contribution in [2.75, 3.05) is 26.4 Å². The van der Waals surface area contributed by atoms with Crippen LogP contribution in [-0.2, 0) is 0 Å². The van der Waals surface area contributed by atoms with Crippen molar-refractivity contribution in [3.05, 3.63) is 29.8 Å². The molecule has 1 heterocycles. The maximum absolute atomic E-state index is 12.1. The second kappa shape index (κ2) is 4.89. The van der Waals surface area contributed by atoms with Crippen molar-refractivity contribution in [1.29, 1.82) is 0 Å². The first-order chi connectivity index (χ1) is 7.72. The second-order valence-electron chi connectivity index (χ2n) is 3.96. The van der Waals surface area contributed by atoms with Crippen LogP contribution in [0, 0.1) is 0 Å². The van der Waals surface area contributed by atoms with Gasteiger partial charge in [0.2, 0.25) is 0 Å². The molecule has 0 aliphatic carbocycles. The van der Waals surface area contributed by atoms with Gasteiger partial charge in [-0.05, 0) is 30.5 Å². The number of benzene rings is 1. The summed E-state index contributed by atoms with van der Waals surface area (Å²) in [5.41, 5.74) is 0.771. The molecule has 1 saturated heterocycles. The Balaban J connectivity index is 2.07. The average molecular weight is 236 g/mol. The van der Waals surface area contributed by atoms with Gasteiger partial charge < -0.3 is 10.2 Å². The van der Waals surface area contributed by atoms with Gasteiger partial charge >= 0.3 is 0 Å². The Morgan fingerprint density at radius 1 is 1.38 bits per heavy atom. The maximum Gasteiger partial charge on any atom is 0.253 e. The van der Waals surface area contributed by atoms with E-state index in [0.29, 0.717) is 6.04 Å². The molecule has 1 fully saturated rings. The summed E-state index contributed by atoms with van der Waals surface area (Å²) >= 11 is 1.68. The molecule has 16 heavy (non-hydrogen) atoms. The molecule has 1 aromatic rings. The van der Waals surface area contributed by atoms with E-state index in [-0.39, 0.29) is 5.91 Å². The Morgan fingerprint density at radius 2 is 2.00 bits per heavy atom. The largest absolute Gasteiger partial charge is 0.336 e. The number of amides is 1. The quantitative estimate of drug-likeness (QED) is 0.806. The SMILES string of the molecule is CSc1ccc(C(=O)N(C)C2CNC2)cc1. The first kappa shape index (κ1) is 11.5. The normalized spacial score (nSPS) is 15.6. The fraction of sp³-hybridized carbons (Fsp3) is 0.417. The van der Waals surface area contributed by atoms with E-state index in [1.54, 1.807) is 11.8 Å². The highest BCUT2D eigenvalue weighted by atomic mass is 32.2. The van der Waals surface area contributed by atoms with Gasteiger partial charge in [-0.25, -0.2) is 0 Å². The van der Waals surface area contributed by atoms with Crippen molar-refractivity contribution < 1.29 is 4.79 Å². The number of hydrogen-bond donors (Lipinski definition) is 1. The van der Waals surface area contributed by atoms with Gasteiger partial charge in [-0.3, -0.25) is 4.79 Å². The summed E-state index contributed by atoms with van der Waals surface area (Å²) in [4.78, 5) is 15.1. The number of thioether (sulfide) groups is 1. The highest BCUT2D eigenvalue weighted by Crippen LogP contribution is 2.16. The standard InChI is InChI=1S/C12H16N2OS/c1-14(10-7-13-8-10)12(15)9-3-5-11(16-2)6-4-9/h3-6,10,13H,7-8H2,1-2H3. The van der Waals surface area contributed by atoms with Crippen molar-refractivity contribution in [1.82, 2.24) is 10.2 Å². The lowest BCUT2D eigenvalue weighted by atomic mass is 10.1. The summed E-state index contributed by atoms with van der Waals surface area (Å²) in [6.45, 7) is 1.82. The molecule has 1 amide bonds. The summed E-state index contributed by atoms with van der Waals surface area (Å²) in [5.74, 6) is 0.110. The van der Waals surface area contributed by atoms with Gasteiger partial charge in [-0.15, -0.1) is 11.8 Å². The van der Waals surface area contributed by atoms with Crippen LogP contribution in [-0.4, -0.2) is 43.2 Å². The van der Waals surface area contributed by atoms with Crippen LogP contribution < -0.4 is 5.32 Å². The van der Waals surface area contributed by atoms with Crippen molar-refractivity contribution in [3.8, 4) is 0 Å². The van der Waals surface area contributed by atoms with Crippen molar-refractivity contribution in [3.63, 3.8) is 0 Å². The molecule has 4 heteroatoms. The summed E-state index contributed by atoms with van der Waals surface area (Å²) in [6, 6.07) is 8.14. The molecule has 0 radical (unpaired) electrons. The number of rotatable bonds is 3. The van der Waals surface area contributed by atoms with Gasteiger partial charge in [0.1, 0.15) is 0 Å². The second-order valence-corrected chi connectivity index (χ2v) is 4.84. The van der Waals surface area contributed by atoms with Crippen LogP contribution in [0.3, 0.4) is 0 Å². The summed E-state index contributed by atoms with van der Waals surface area (Å²) in [7, 11) is 1.87. The Bertz CT molecular complexity index is 373. The van der Waals surface area contributed by atoms with Crippen LogP contribution in [0.5, 0.6) is 0 Å². The maximum atomic E-state index is 12.1. The molecular formula is C12H16N2OS. The molecule has 1 aromatic carbocycles. The predicted molar refractivity (Wildman–Crippen MR) is 67.0 cm³/mol. The molecule has 3 nitrogen and oxygen atoms in total. The molecular weight excluding hydrogens is 220 g/mol. The molecule has 1 N–H and O–H groups in total. The summed E-state index contributed by atoms with van der Waals surface area (Å²) < 4.78 is 0. The molecule has 1 aliphatic rings. The molecule has 1 aliphatic heterocycles. The topological polar surface area (TPSA) is 32.3 Å². The first-order valence-corrected chi connectivity index (χ1v) is 6.57. The van der Waals surface area contributed by atoms with Crippen molar-refractivity contribution in [2.24, 2.45) is 0 Å². The van der Waals surface area contributed by atoms with Gasteiger partial charge in [0.05, 0.1) is 6.04 Å². The highest BCUT2D eigenvalue weighted by Gasteiger charge is 2.25. The zero-order valence-electron chi connectivity index (χ0n) is 9.56. The molecule has 0 aromatic heterocycles. The van der Waals surface area contributed by atoms with E-state index >= 15 is 0 Å². The van der Waals surface area contributed by atoms with E-state index in [4.69, 9.17) is 0 Å².